The standard InChI is InChI=1S/C49H41N/c1-48(2,3)40-28-39-20-19-38-26-33(27-44-46(38)47(39)45(31-40)49(44,4)5)16-15-32-17-18-37-30-43(24-22-36(37)25-32)50(41-13-7-6-8-14-41)42-23-21-34-11-9-10-12-35(34)29-42/h6-31H,1-5H3/b16-15+. The SMILES string of the molecule is CC(C)(C)c1cc2c3c(ccc4cc(/C=C/c5ccc6cc(N(c7ccccc7)c7ccc8ccccc8c7)ccc6c5)cc(c43)C2(C)C)c1. The number of hydrogen-bond acceptors (Lipinski definition) is 1. The highest BCUT2D eigenvalue weighted by Crippen LogP contribution is 2.50. The van der Waals surface area contributed by atoms with E-state index in [1.54, 1.807) is 0 Å². The normalized spacial score (nSPS) is 13.8. The van der Waals surface area contributed by atoms with E-state index < -0.39 is 0 Å². The molecule has 1 aliphatic carbocycles. The van der Waals surface area contributed by atoms with E-state index in [1.807, 2.05) is 0 Å². The lowest BCUT2D eigenvalue weighted by Gasteiger charge is -2.26. The van der Waals surface area contributed by atoms with Crippen LogP contribution in [0.4, 0.5) is 17.1 Å². The predicted octanol–water partition coefficient (Wildman–Crippen LogP) is 13.9. The molecule has 8 aromatic rings. The van der Waals surface area contributed by atoms with Gasteiger partial charge >= 0.3 is 0 Å². The van der Waals surface area contributed by atoms with Crippen LogP contribution in [0.2, 0.25) is 0 Å². The predicted molar refractivity (Wildman–Crippen MR) is 217 cm³/mol. The van der Waals surface area contributed by atoms with Crippen molar-refractivity contribution in [3.8, 4) is 0 Å². The van der Waals surface area contributed by atoms with Gasteiger partial charge in [-0.15, -0.1) is 0 Å². The van der Waals surface area contributed by atoms with E-state index in [1.165, 1.54) is 70.9 Å². The molecule has 1 aliphatic rings. The Balaban J connectivity index is 1.06. The van der Waals surface area contributed by atoms with Crippen molar-refractivity contribution in [3.05, 3.63) is 173 Å². The lowest BCUT2D eigenvalue weighted by atomic mass is 9.78. The highest BCUT2D eigenvalue weighted by atomic mass is 15.1. The van der Waals surface area contributed by atoms with Gasteiger partial charge < -0.3 is 4.90 Å². The van der Waals surface area contributed by atoms with E-state index in [9.17, 15) is 0 Å². The van der Waals surface area contributed by atoms with Crippen molar-refractivity contribution in [2.24, 2.45) is 0 Å². The van der Waals surface area contributed by atoms with Gasteiger partial charge in [-0.2, -0.15) is 0 Å². The smallest absolute Gasteiger partial charge is 0.0468 e. The summed E-state index contributed by atoms with van der Waals surface area (Å²) in [7, 11) is 0. The fourth-order valence-corrected chi connectivity index (χ4v) is 8.04. The summed E-state index contributed by atoms with van der Waals surface area (Å²) < 4.78 is 0. The number of benzene rings is 8. The Morgan fingerprint density at radius 3 is 1.68 bits per heavy atom. The maximum absolute atomic E-state index is 2.47. The molecular weight excluding hydrogens is 603 g/mol. The van der Waals surface area contributed by atoms with E-state index in [2.05, 4.69) is 197 Å². The highest BCUT2D eigenvalue weighted by molar-refractivity contribution is 6.15. The van der Waals surface area contributed by atoms with Crippen LogP contribution in [-0.4, -0.2) is 0 Å². The molecule has 0 fully saturated rings. The molecule has 8 aromatic carbocycles. The molecule has 0 atom stereocenters. The zero-order valence-corrected chi connectivity index (χ0v) is 29.5. The van der Waals surface area contributed by atoms with Gasteiger partial charge in [-0.3, -0.25) is 0 Å². The van der Waals surface area contributed by atoms with Crippen molar-refractivity contribution in [1.29, 1.82) is 0 Å². The van der Waals surface area contributed by atoms with Gasteiger partial charge in [0.1, 0.15) is 0 Å². The molecule has 9 rings (SSSR count). The van der Waals surface area contributed by atoms with Crippen LogP contribution < -0.4 is 4.90 Å². The van der Waals surface area contributed by atoms with Gasteiger partial charge in [-0.05, 0) is 125 Å². The van der Waals surface area contributed by atoms with Crippen molar-refractivity contribution in [2.45, 2.75) is 45.4 Å². The van der Waals surface area contributed by atoms with Crippen LogP contribution in [-0.2, 0) is 10.8 Å². The van der Waals surface area contributed by atoms with Gasteiger partial charge in [0.05, 0.1) is 0 Å². The van der Waals surface area contributed by atoms with Crippen LogP contribution in [0.25, 0.3) is 55.2 Å². The van der Waals surface area contributed by atoms with Gasteiger partial charge in [0.15, 0.2) is 0 Å². The Morgan fingerprint density at radius 1 is 0.440 bits per heavy atom. The number of para-hydroxylation sites is 1. The van der Waals surface area contributed by atoms with Crippen LogP contribution in [0.15, 0.2) is 146 Å². The van der Waals surface area contributed by atoms with E-state index >= 15 is 0 Å². The van der Waals surface area contributed by atoms with Gasteiger partial charge in [-0.25, -0.2) is 0 Å². The molecule has 0 saturated carbocycles. The number of hydrogen-bond donors (Lipinski definition) is 0. The van der Waals surface area contributed by atoms with Gasteiger partial charge in [-0.1, -0.05) is 144 Å². The Hall–Kier alpha value is -5.66. The van der Waals surface area contributed by atoms with Gasteiger partial charge in [0.25, 0.3) is 0 Å². The summed E-state index contributed by atoms with van der Waals surface area (Å²) in [5, 5.41) is 10.5. The molecule has 0 amide bonds. The monoisotopic (exact) mass is 643 g/mol. The number of anilines is 3. The van der Waals surface area contributed by atoms with Crippen LogP contribution in [0.3, 0.4) is 0 Å². The van der Waals surface area contributed by atoms with Gasteiger partial charge in [0.2, 0.25) is 0 Å². The Morgan fingerprint density at radius 2 is 0.960 bits per heavy atom. The maximum Gasteiger partial charge on any atom is 0.0468 e. The summed E-state index contributed by atoms with van der Waals surface area (Å²) in [6, 6.07) is 53.8. The zero-order chi connectivity index (χ0) is 34.2. The van der Waals surface area contributed by atoms with Crippen LogP contribution in [0, 0.1) is 0 Å². The molecular formula is C49H41N. The maximum atomic E-state index is 2.47. The van der Waals surface area contributed by atoms with Crippen molar-refractivity contribution in [3.63, 3.8) is 0 Å². The van der Waals surface area contributed by atoms with Crippen LogP contribution in [0.1, 0.15) is 62.4 Å². The molecule has 50 heavy (non-hydrogen) atoms. The largest absolute Gasteiger partial charge is 0.310 e. The van der Waals surface area contributed by atoms with Crippen molar-refractivity contribution in [1.82, 2.24) is 0 Å². The van der Waals surface area contributed by atoms with Gasteiger partial charge in [0, 0.05) is 22.5 Å². The molecule has 0 bridgehead atoms. The minimum atomic E-state index is -0.0492. The second-order valence-electron chi connectivity index (χ2n) is 15.6. The summed E-state index contributed by atoms with van der Waals surface area (Å²) in [6.07, 6.45) is 4.55. The van der Waals surface area contributed by atoms with Crippen LogP contribution in [0.5, 0.6) is 0 Å². The Kier molecular flexibility index (Phi) is 6.80. The average molecular weight is 644 g/mol. The molecule has 0 heterocycles. The summed E-state index contributed by atoms with van der Waals surface area (Å²) in [5.41, 5.74) is 10.2. The first kappa shape index (κ1) is 30.4. The van der Waals surface area contributed by atoms with E-state index in [4.69, 9.17) is 0 Å². The average Bonchev–Trinajstić information content (AvgIpc) is 3.36. The first-order valence-corrected chi connectivity index (χ1v) is 17.8. The number of nitrogens with zero attached hydrogens (tertiary/aromatic N) is 1. The molecule has 0 saturated heterocycles. The second-order valence-corrected chi connectivity index (χ2v) is 15.6. The minimum Gasteiger partial charge on any atom is -0.310 e. The molecule has 1 heteroatoms. The quantitative estimate of drug-likeness (QED) is 0.133. The zero-order valence-electron chi connectivity index (χ0n) is 29.5. The third-order valence-electron chi connectivity index (χ3n) is 10.8. The summed E-state index contributed by atoms with van der Waals surface area (Å²) in [5.74, 6) is 0. The van der Waals surface area contributed by atoms with E-state index in [0.29, 0.717) is 0 Å². The highest BCUT2D eigenvalue weighted by Gasteiger charge is 2.35. The molecule has 0 aliphatic heterocycles. The van der Waals surface area contributed by atoms with Crippen molar-refractivity contribution in [2.75, 3.05) is 4.90 Å². The number of fused-ring (bicyclic) bond motifs is 2. The summed E-state index contributed by atoms with van der Waals surface area (Å²) in [4.78, 5) is 2.35. The molecule has 0 aromatic heterocycles. The fourth-order valence-electron chi connectivity index (χ4n) is 8.04. The molecule has 242 valence electrons. The third-order valence-corrected chi connectivity index (χ3v) is 10.8. The second kappa shape index (κ2) is 11.2. The fraction of sp³-hybridized carbons (Fsp3) is 0.143. The molecule has 0 N–H and O–H groups in total. The lowest BCUT2D eigenvalue weighted by molar-refractivity contribution is 0.586. The molecule has 1 nitrogen and oxygen atoms in total. The number of rotatable bonds is 5. The summed E-state index contributed by atoms with van der Waals surface area (Å²) >= 11 is 0. The topological polar surface area (TPSA) is 3.24 Å². The Labute approximate surface area is 295 Å². The van der Waals surface area contributed by atoms with E-state index in [0.717, 1.165) is 17.1 Å². The van der Waals surface area contributed by atoms with Crippen molar-refractivity contribution < 1.29 is 0 Å². The molecule has 0 unspecified atom stereocenters. The van der Waals surface area contributed by atoms with E-state index in [-0.39, 0.29) is 10.8 Å². The van der Waals surface area contributed by atoms with Crippen LogP contribution >= 0.6 is 0 Å². The molecule has 0 spiro atoms. The van der Waals surface area contributed by atoms with Crippen molar-refractivity contribution >= 4 is 72.3 Å². The first-order chi connectivity index (χ1) is 24.1. The lowest BCUT2D eigenvalue weighted by Crippen LogP contribution is -2.18. The first-order valence-electron chi connectivity index (χ1n) is 17.8. The molecule has 0 radical (unpaired) electrons. The Bertz CT molecular complexity index is 2650. The third kappa shape index (κ3) is 5.00. The summed E-state index contributed by atoms with van der Waals surface area (Å²) in [6.45, 7) is 11.7. The minimum absolute atomic E-state index is 0.0492.